The number of carbonyl (C=O) groups excluding carboxylic acids is 1. The molecule has 0 aliphatic carbocycles. The molecule has 2 N–H and O–H groups in total. The van der Waals surface area contributed by atoms with E-state index in [1.54, 1.807) is 6.92 Å². The molecular formula is C27H24F3NO4. The van der Waals surface area contributed by atoms with E-state index in [2.05, 4.69) is 0 Å². The fourth-order valence-corrected chi connectivity index (χ4v) is 3.79. The van der Waals surface area contributed by atoms with E-state index in [9.17, 15) is 18.0 Å². The smallest absolute Gasteiger partial charge is 0.416 e. The van der Waals surface area contributed by atoms with Crippen LogP contribution in [-0.2, 0) is 35.3 Å². The number of alkyl halides is 3. The highest BCUT2D eigenvalue weighted by molar-refractivity contribution is 5.86. The molecule has 182 valence electrons. The van der Waals surface area contributed by atoms with Gasteiger partial charge in [0, 0.05) is 23.1 Å². The number of fused-ring (bicyclic) bond motifs is 1. The lowest BCUT2D eigenvalue weighted by molar-refractivity contribution is -0.142. The molecule has 35 heavy (non-hydrogen) atoms. The van der Waals surface area contributed by atoms with E-state index in [1.165, 1.54) is 12.3 Å². The van der Waals surface area contributed by atoms with Crippen LogP contribution in [0.1, 0.15) is 29.2 Å². The maximum absolute atomic E-state index is 13.3. The van der Waals surface area contributed by atoms with Crippen LogP contribution in [0.15, 0.2) is 71.3 Å². The minimum atomic E-state index is -4.55. The zero-order valence-corrected chi connectivity index (χ0v) is 19.0. The van der Waals surface area contributed by atoms with E-state index in [0.717, 1.165) is 34.2 Å². The Morgan fingerprint density at radius 1 is 1.00 bits per heavy atom. The highest BCUT2D eigenvalue weighted by Gasteiger charge is 2.31. The average Bonchev–Trinajstić information content (AvgIpc) is 3.25. The van der Waals surface area contributed by atoms with E-state index >= 15 is 0 Å². The topological polar surface area (TPSA) is 74.7 Å². The summed E-state index contributed by atoms with van der Waals surface area (Å²) in [5.41, 5.74) is 9.41. The molecule has 0 saturated carbocycles. The molecule has 4 aromatic rings. The van der Waals surface area contributed by atoms with E-state index in [4.69, 9.17) is 19.6 Å². The number of rotatable bonds is 8. The van der Waals surface area contributed by atoms with Crippen LogP contribution in [0, 0.1) is 0 Å². The van der Waals surface area contributed by atoms with Gasteiger partial charge < -0.3 is 19.6 Å². The van der Waals surface area contributed by atoms with Crippen molar-refractivity contribution in [3.63, 3.8) is 0 Å². The quantitative estimate of drug-likeness (QED) is 0.299. The van der Waals surface area contributed by atoms with Crippen LogP contribution in [0.3, 0.4) is 0 Å². The van der Waals surface area contributed by atoms with Crippen molar-refractivity contribution >= 4 is 16.9 Å². The molecule has 0 fully saturated rings. The van der Waals surface area contributed by atoms with E-state index < -0.39 is 17.7 Å². The van der Waals surface area contributed by atoms with Crippen molar-refractivity contribution in [2.45, 2.75) is 32.7 Å². The first-order valence-electron chi connectivity index (χ1n) is 11.1. The Kier molecular flexibility index (Phi) is 7.12. The second-order valence-corrected chi connectivity index (χ2v) is 7.97. The van der Waals surface area contributed by atoms with Crippen LogP contribution in [0.2, 0.25) is 0 Å². The number of halogens is 3. The molecule has 1 aromatic heterocycles. The van der Waals surface area contributed by atoms with Gasteiger partial charge in [-0.25, -0.2) is 0 Å². The summed E-state index contributed by atoms with van der Waals surface area (Å²) >= 11 is 0. The molecule has 0 spiro atoms. The molecule has 1 heterocycles. The lowest BCUT2D eigenvalue weighted by Gasteiger charge is -2.14. The molecule has 0 atom stereocenters. The average molecular weight is 483 g/mol. The summed E-state index contributed by atoms with van der Waals surface area (Å²) in [4.78, 5) is 11.9. The van der Waals surface area contributed by atoms with Crippen LogP contribution in [0.4, 0.5) is 13.2 Å². The number of hydrogen-bond donors (Lipinski definition) is 1. The molecule has 4 rings (SSSR count). The molecule has 0 amide bonds. The number of benzene rings is 3. The van der Waals surface area contributed by atoms with Crippen molar-refractivity contribution in [1.29, 1.82) is 0 Å². The Morgan fingerprint density at radius 3 is 2.54 bits per heavy atom. The number of hydrogen-bond acceptors (Lipinski definition) is 5. The molecular weight excluding hydrogens is 459 g/mol. The third kappa shape index (κ3) is 5.66. The van der Waals surface area contributed by atoms with Crippen molar-refractivity contribution < 1.29 is 31.9 Å². The summed E-state index contributed by atoms with van der Waals surface area (Å²) in [5.74, 6) is -0.579. The first kappa shape index (κ1) is 24.3. The van der Waals surface area contributed by atoms with Gasteiger partial charge in [-0.1, -0.05) is 30.3 Å². The van der Waals surface area contributed by atoms with Gasteiger partial charge >= 0.3 is 12.1 Å². The summed E-state index contributed by atoms with van der Waals surface area (Å²) in [6.07, 6.45) is -3.23. The van der Waals surface area contributed by atoms with Gasteiger partial charge in [0.05, 0.1) is 24.9 Å². The summed E-state index contributed by atoms with van der Waals surface area (Å²) in [5, 5.41) is 0.777. The molecule has 5 nitrogen and oxygen atoms in total. The van der Waals surface area contributed by atoms with Gasteiger partial charge in [0.25, 0.3) is 0 Å². The monoisotopic (exact) mass is 483 g/mol. The highest BCUT2D eigenvalue weighted by Crippen LogP contribution is 2.35. The van der Waals surface area contributed by atoms with Crippen LogP contribution < -0.4 is 10.5 Å². The predicted octanol–water partition coefficient (Wildman–Crippen LogP) is 6.26. The fraction of sp³-hybridized carbons (Fsp3) is 0.222. The van der Waals surface area contributed by atoms with Gasteiger partial charge in [-0.2, -0.15) is 13.2 Å². The van der Waals surface area contributed by atoms with E-state index in [1.807, 2.05) is 42.5 Å². The maximum Gasteiger partial charge on any atom is 0.416 e. The van der Waals surface area contributed by atoms with Gasteiger partial charge in [-0.05, 0) is 53.9 Å². The summed E-state index contributed by atoms with van der Waals surface area (Å²) < 4.78 is 56.2. The third-order valence-electron chi connectivity index (χ3n) is 5.57. The van der Waals surface area contributed by atoms with Crippen molar-refractivity contribution in [3.8, 4) is 16.9 Å². The largest absolute Gasteiger partial charge is 0.488 e. The number of nitrogens with two attached hydrogens (primary N) is 1. The maximum atomic E-state index is 13.3. The Labute approximate surface area is 200 Å². The Hall–Kier alpha value is -3.78. The van der Waals surface area contributed by atoms with E-state index in [0.29, 0.717) is 23.3 Å². The second-order valence-electron chi connectivity index (χ2n) is 7.97. The summed E-state index contributed by atoms with van der Waals surface area (Å²) in [6, 6.07) is 16.6. The number of esters is 1. The normalized spacial score (nSPS) is 11.6. The first-order valence-corrected chi connectivity index (χ1v) is 11.1. The van der Waals surface area contributed by atoms with Crippen LogP contribution in [-0.4, -0.2) is 12.6 Å². The van der Waals surface area contributed by atoms with E-state index in [-0.39, 0.29) is 25.4 Å². The zero-order chi connectivity index (χ0) is 25.0. The molecule has 0 bridgehead atoms. The van der Waals surface area contributed by atoms with Crippen molar-refractivity contribution in [2.24, 2.45) is 5.73 Å². The third-order valence-corrected chi connectivity index (χ3v) is 5.57. The minimum Gasteiger partial charge on any atom is -0.488 e. The van der Waals surface area contributed by atoms with Gasteiger partial charge in [0.1, 0.15) is 17.9 Å². The van der Waals surface area contributed by atoms with Gasteiger partial charge in [-0.15, -0.1) is 0 Å². The minimum absolute atomic E-state index is 0.0333. The van der Waals surface area contributed by atoms with Crippen LogP contribution >= 0.6 is 0 Å². The zero-order valence-electron chi connectivity index (χ0n) is 19.0. The summed E-state index contributed by atoms with van der Waals surface area (Å²) in [6.45, 7) is 2.21. The predicted molar refractivity (Wildman–Crippen MR) is 126 cm³/mol. The standard InChI is InChI=1S/C27H24F3NO4/c1-2-33-26(32)12-20-6-8-22(27(28,29)30)13-25(20)35-16-21-15-34-24-9-7-19(11-23(21)24)18-5-3-4-17(10-18)14-31/h3-11,13,15H,2,12,14,16,31H2,1H3. The Balaban J connectivity index is 1.63. The van der Waals surface area contributed by atoms with Crippen molar-refractivity contribution in [3.05, 3.63) is 89.2 Å². The van der Waals surface area contributed by atoms with Crippen molar-refractivity contribution in [1.82, 2.24) is 0 Å². The van der Waals surface area contributed by atoms with Crippen molar-refractivity contribution in [2.75, 3.05) is 6.61 Å². The number of ether oxygens (including phenoxy) is 2. The van der Waals surface area contributed by atoms with Gasteiger partial charge in [0.15, 0.2) is 0 Å². The number of furan rings is 1. The lowest BCUT2D eigenvalue weighted by atomic mass is 10.0. The fourth-order valence-electron chi connectivity index (χ4n) is 3.79. The Morgan fingerprint density at radius 2 is 1.80 bits per heavy atom. The number of carbonyl (C=O) groups is 1. The molecule has 8 heteroatoms. The van der Waals surface area contributed by atoms with Gasteiger partial charge in [0.2, 0.25) is 0 Å². The lowest BCUT2D eigenvalue weighted by Crippen LogP contribution is -2.11. The van der Waals surface area contributed by atoms with Crippen LogP contribution in [0.25, 0.3) is 22.1 Å². The molecule has 0 aliphatic rings. The molecule has 0 radical (unpaired) electrons. The SMILES string of the molecule is CCOC(=O)Cc1ccc(C(F)(F)F)cc1OCc1coc2ccc(-c3cccc(CN)c3)cc12. The second kappa shape index (κ2) is 10.2. The molecule has 0 aliphatic heterocycles. The highest BCUT2D eigenvalue weighted by atomic mass is 19.4. The first-order chi connectivity index (χ1) is 16.8. The Bertz CT molecular complexity index is 1340. The molecule has 3 aromatic carbocycles. The van der Waals surface area contributed by atoms with Gasteiger partial charge in [-0.3, -0.25) is 4.79 Å². The molecule has 0 saturated heterocycles. The summed E-state index contributed by atoms with van der Waals surface area (Å²) in [7, 11) is 0. The molecule has 0 unspecified atom stereocenters. The van der Waals surface area contributed by atoms with Crippen LogP contribution in [0.5, 0.6) is 5.75 Å².